The first-order chi connectivity index (χ1) is 17.2. The van der Waals surface area contributed by atoms with E-state index in [1.54, 1.807) is 29.7 Å². The molecule has 4 aromatic rings. The SMILES string of the molecule is OC(CN(Cc1ccccn1)Cc1ccccn1)C(O)N(Cc1ccccn1)Cc1ccccn1. The molecular weight excluding hydrogens is 440 g/mol. The van der Waals surface area contributed by atoms with Crippen LogP contribution in [0.15, 0.2) is 97.6 Å². The zero-order valence-electron chi connectivity index (χ0n) is 19.5. The molecule has 0 spiro atoms. The highest BCUT2D eigenvalue weighted by Gasteiger charge is 2.27. The van der Waals surface area contributed by atoms with Gasteiger partial charge in [-0.1, -0.05) is 24.3 Å². The quantitative estimate of drug-likeness (QED) is 0.305. The van der Waals surface area contributed by atoms with Crippen molar-refractivity contribution in [3.8, 4) is 0 Å². The van der Waals surface area contributed by atoms with Gasteiger partial charge in [0.2, 0.25) is 0 Å². The molecule has 35 heavy (non-hydrogen) atoms. The monoisotopic (exact) mass is 470 g/mol. The van der Waals surface area contributed by atoms with E-state index in [2.05, 4.69) is 19.9 Å². The zero-order valence-corrected chi connectivity index (χ0v) is 19.5. The van der Waals surface area contributed by atoms with Gasteiger partial charge in [-0.15, -0.1) is 0 Å². The van der Waals surface area contributed by atoms with E-state index >= 15 is 0 Å². The fourth-order valence-electron chi connectivity index (χ4n) is 3.87. The Hall–Kier alpha value is -3.56. The molecule has 180 valence electrons. The lowest BCUT2D eigenvalue weighted by molar-refractivity contribution is -0.102. The first kappa shape index (κ1) is 24.6. The van der Waals surface area contributed by atoms with E-state index in [1.165, 1.54) is 0 Å². The fourth-order valence-corrected chi connectivity index (χ4v) is 3.87. The minimum absolute atomic E-state index is 0.231. The molecule has 2 atom stereocenters. The molecule has 0 aliphatic rings. The van der Waals surface area contributed by atoms with Crippen LogP contribution in [0.3, 0.4) is 0 Å². The minimum Gasteiger partial charge on any atom is -0.388 e. The first-order valence-corrected chi connectivity index (χ1v) is 11.6. The fraction of sp³-hybridized carbons (Fsp3) is 0.259. The van der Waals surface area contributed by atoms with Crippen LogP contribution in [-0.2, 0) is 26.2 Å². The highest BCUT2D eigenvalue weighted by molar-refractivity contribution is 5.08. The van der Waals surface area contributed by atoms with Crippen molar-refractivity contribution in [3.05, 3.63) is 120 Å². The molecule has 2 unspecified atom stereocenters. The Morgan fingerprint density at radius 2 is 0.914 bits per heavy atom. The van der Waals surface area contributed by atoms with Gasteiger partial charge in [0, 0.05) is 57.5 Å². The minimum atomic E-state index is -1.13. The molecule has 0 fully saturated rings. The molecule has 2 N–H and O–H groups in total. The smallest absolute Gasteiger partial charge is 0.135 e. The Morgan fingerprint density at radius 3 is 1.26 bits per heavy atom. The van der Waals surface area contributed by atoms with Gasteiger partial charge in [-0.25, -0.2) is 0 Å². The van der Waals surface area contributed by atoms with Gasteiger partial charge in [0.15, 0.2) is 0 Å². The number of aliphatic hydroxyl groups is 2. The third-order valence-corrected chi connectivity index (χ3v) is 5.57. The van der Waals surface area contributed by atoms with Gasteiger partial charge in [0.25, 0.3) is 0 Å². The summed E-state index contributed by atoms with van der Waals surface area (Å²) in [5, 5.41) is 22.4. The Labute approximate surface area is 205 Å². The summed E-state index contributed by atoms with van der Waals surface area (Å²) in [6.45, 7) is 2.00. The summed E-state index contributed by atoms with van der Waals surface area (Å²) in [6, 6.07) is 22.8. The van der Waals surface area contributed by atoms with E-state index in [-0.39, 0.29) is 6.54 Å². The lowest BCUT2D eigenvalue weighted by Gasteiger charge is -2.33. The second kappa shape index (κ2) is 12.8. The van der Waals surface area contributed by atoms with Crippen LogP contribution in [0.5, 0.6) is 0 Å². The number of rotatable bonds is 12. The molecule has 4 rings (SSSR count). The largest absolute Gasteiger partial charge is 0.388 e. The van der Waals surface area contributed by atoms with Crippen LogP contribution in [-0.4, -0.2) is 58.8 Å². The molecule has 0 radical (unpaired) electrons. The standard InChI is InChI=1S/C27H30N6O2/c34-26(21-32(17-22-9-1-5-13-28-22)18-23-10-2-6-14-29-23)27(35)33(19-24-11-3-7-15-30-24)20-25-12-4-8-16-31-25/h1-16,26-27,34-35H,17-21H2. The number of aromatic nitrogens is 4. The zero-order chi connectivity index (χ0) is 24.3. The maximum atomic E-state index is 11.2. The number of nitrogens with zero attached hydrogens (tertiary/aromatic N) is 6. The first-order valence-electron chi connectivity index (χ1n) is 11.6. The Bertz CT molecular complexity index is 1040. The highest BCUT2D eigenvalue weighted by Crippen LogP contribution is 2.15. The second-order valence-electron chi connectivity index (χ2n) is 8.34. The lowest BCUT2D eigenvalue weighted by Crippen LogP contribution is -2.48. The molecule has 0 amide bonds. The summed E-state index contributed by atoms with van der Waals surface area (Å²) in [4.78, 5) is 21.5. The van der Waals surface area contributed by atoms with Crippen LogP contribution in [0.2, 0.25) is 0 Å². The molecule has 4 heterocycles. The van der Waals surface area contributed by atoms with Crippen molar-refractivity contribution in [2.24, 2.45) is 0 Å². The molecule has 0 saturated carbocycles. The molecular formula is C27H30N6O2. The van der Waals surface area contributed by atoms with E-state index in [4.69, 9.17) is 0 Å². The van der Waals surface area contributed by atoms with Crippen molar-refractivity contribution in [2.75, 3.05) is 6.54 Å². The van der Waals surface area contributed by atoms with E-state index in [0.717, 1.165) is 22.8 Å². The lowest BCUT2D eigenvalue weighted by atomic mass is 10.2. The van der Waals surface area contributed by atoms with Crippen molar-refractivity contribution in [2.45, 2.75) is 38.5 Å². The molecule has 0 aliphatic heterocycles. The Morgan fingerprint density at radius 1 is 0.543 bits per heavy atom. The van der Waals surface area contributed by atoms with Crippen molar-refractivity contribution in [1.29, 1.82) is 0 Å². The van der Waals surface area contributed by atoms with Crippen molar-refractivity contribution >= 4 is 0 Å². The van der Waals surface area contributed by atoms with Crippen LogP contribution in [0.25, 0.3) is 0 Å². The van der Waals surface area contributed by atoms with Gasteiger partial charge in [-0.05, 0) is 48.5 Å². The summed E-state index contributed by atoms with van der Waals surface area (Å²) >= 11 is 0. The van der Waals surface area contributed by atoms with Gasteiger partial charge in [-0.3, -0.25) is 29.7 Å². The number of hydrogen-bond donors (Lipinski definition) is 2. The van der Waals surface area contributed by atoms with Crippen LogP contribution in [0.4, 0.5) is 0 Å². The molecule has 0 aromatic carbocycles. The number of pyridine rings is 4. The third-order valence-electron chi connectivity index (χ3n) is 5.57. The Kier molecular flexibility index (Phi) is 8.97. The van der Waals surface area contributed by atoms with Crippen LogP contribution in [0.1, 0.15) is 22.8 Å². The average Bonchev–Trinajstić information content (AvgIpc) is 2.90. The van der Waals surface area contributed by atoms with Crippen molar-refractivity contribution < 1.29 is 10.2 Å². The molecule has 0 saturated heterocycles. The number of hydrogen-bond acceptors (Lipinski definition) is 8. The van der Waals surface area contributed by atoms with Crippen LogP contribution < -0.4 is 0 Å². The second-order valence-corrected chi connectivity index (χ2v) is 8.34. The summed E-state index contributed by atoms with van der Waals surface area (Å²) < 4.78 is 0. The van der Waals surface area contributed by atoms with Crippen LogP contribution in [0, 0.1) is 0 Å². The summed E-state index contributed by atoms with van der Waals surface area (Å²) in [5.74, 6) is 0. The summed E-state index contributed by atoms with van der Waals surface area (Å²) in [6.07, 6.45) is 4.77. The van der Waals surface area contributed by atoms with Gasteiger partial charge in [0.1, 0.15) is 12.3 Å². The Balaban J connectivity index is 1.50. The molecule has 4 aromatic heterocycles. The molecule has 8 nitrogen and oxygen atoms in total. The predicted molar refractivity (Wildman–Crippen MR) is 132 cm³/mol. The van der Waals surface area contributed by atoms with E-state index in [9.17, 15) is 10.2 Å². The van der Waals surface area contributed by atoms with E-state index < -0.39 is 12.3 Å². The summed E-state index contributed by atoms with van der Waals surface area (Å²) in [5.41, 5.74) is 3.36. The van der Waals surface area contributed by atoms with Crippen molar-refractivity contribution in [3.63, 3.8) is 0 Å². The average molecular weight is 471 g/mol. The summed E-state index contributed by atoms with van der Waals surface area (Å²) in [7, 11) is 0. The molecule has 0 aliphatic carbocycles. The van der Waals surface area contributed by atoms with Crippen molar-refractivity contribution in [1.82, 2.24) is 29.7 Å². The van der Waals surface area contributed by atoms with E-state index in [1.807, 2.05) is 77.7 Å². The topological polar surface area (TPSA) is 98.5 Å². The third kappa shape index (κ3) is 7.73. The van der Waals surface area contributed by atoms with Gasteiger partial charge >= 0.3 is 0 Å². The normalized spacial score (nSPS) is 13.1. The highest BCUT2D eigenvalue weighted by atomic mass is 16.3. The van der Waals surface area contributed by atoms with Gasteiger partial charge in [-0.2, -0.15) is 0 Å². The van der Waals surface area contributed by atoms with Crippen LogP contribution >= 0.6 is 0 Å². The molecule has 8 heteroatoms. The number of aliphatic hydroxyl groups excluding tert-OH is 2. The van der Waals surface area contributed by atoms with E-state index in [0.29, 0.717) is 26.2 Å². The van der Waals surface area contributed by atoms with Gasteiger partial charge < -0.3 is 10.2 Å². The molecule has 0 bridgehead atoms. The maximum absolute atomic E-state index is 11.2. The maximum Gasteiger partial charge on any atom is 0.135 e. The van der Waals surface area contributed by atoms with Gasteiger partial charge in [0.05, 0.1) is 22.8 Å². The predicted octanol–water partition coefficient (Wildman–Crippen LogP) is 2.65.